The average molecular weight is 421 g/mol. The first-order valence-corrected chi connectivity index (χ1v) is 8.03. The number of halogens is 4. The van der Waals surface area contributed by atoms with Crippen molar-refractivity contribution in [1.29, 1.82) is 5.26 Å². The van der Waals surface area contributed by atoms with Crippen molar-refractivity contribution >= 4 is 16.1 Å². The average Bonchev–Trinajstić information content (AvgIpc) is 2.61. The number of esters is 1. The molecule has 0 heterocycles. The molecular formula is C16H4F4NNaO5S. The Hall–Kier alpha value is -2.41. The van der Waals surface area contributed by atoms with Gasteiger partial charge in [-0.3, -0.25) is 0 Å². The normalized spacial score (nSPS) is 10.1. The Labute approximate surface area is 177 Å². The van der Waals surface area contributed by atoms with Gasteiger partial charge in [0.15, 0.2) is 17.7 Å². The maximum absolute atomic E-state index is 13.8. The molecule has 0 amide bonds. The summed E-state index contributed by atoms with van der Waals surface area (Å²) in [7, 11) is -5.88. The number of nitriles is 1. The molecule has 28 heavy (non-hydrogen) atoms. The van der Waals surface area contributed by atoms with Crippen LogP contribution in [0.2, 0.25) is 0 Å². The Kier molecular flexibility index (Phi) is 7.75. The van der Waals surface area contributed by atoms with Crippen LogP contribution in [0.5, 0.6) is 5.75 Å². The van der Waals surface area contributed by atoms with Crippen LogP contribution in [0.15, 0.2) is 29.2 Å². The van der Waals surface area contributed by atoms with E-state index in [9.17, 15) is 35.3 Å². The molecule has 0 aliphatic heterocycles. The third kappa shape index (κ3) is 4.90. The van der Waals surface area contributed by atoms with E-state index in [0.29, 0.717) is 5.56 Å². The van der Waals surface area contributed by atoms with Gasteiger partial charge in [-0.15, -0.1) is 0 Å². The van der Waals surface area contributed by atoms with Crippen LogP contribution < -0.4 is 34.3 Å². The summed E-state index contributed by atoms with van der Waals surface area (Å²) in [5.74, 6) is -8.59. The Morgan fingerprint density at radius 1 is 1.00 bits per heavy atom. The van der Waals surface area contributed by atoms with Crippen LogP contribution in [0.3, 0.4) is 0 Å². The summed E-state index contributed by atoms with van der Waals surface area (Å²) in [6, 6.07) is 6.23. The van der Waals surface area contributed by atoms with Gasteiger partial charge < -0.3 is 9.29 Å². The van der Waals surface area contributed by atoms with Crippen molar-refractivity contribution in [2.45, 2.75) is 4.90 Å². The van der Waals surface area contributed by atoms with Gasteiger partial charge in [0.2, 0.25) is 17.4 Å². The zero-order valence-electron chi connectivity index (χ0n) is 13.7. The Bertz CT molecular complexity index is 1120. The van der Waals surface area contributed by atoms with Crippen LogP contribution in [0.25, 0.3) is 0 Å². The van der Waals surface area contributed by atoms with Crippen LogP contribution in [-0.2, 0) is 10.1 Å². The third-order valence-electron chi connectivity index (χ3n) is 3.01. The molecule has 0 atom stereocenters. The summed E-state index contributed by atoms with van der Waals surface area (Å²) < 4.78 is 91.3. The topological polar surface area (TPSA) is 107 Å². The molecule has 0 aliphatic carbocycles. The number of nitrogens with zero attached hydrogens (tertiary/aromatic N) is 1. The van der Waals surface area contributed by atoms with E-state index in [4.69, 9.17) is 5.26 Å². The van der Waals surface area contributed by atoms with Crippen LogP contribution in [0.4, 0.5) is 17.6 Å². The van der Waals surface area contributed by atoms with E-state index < -0.39 is 50.0 Å². The maximum Gasteiger partial charge on any atom is 1.00 e. The van der Waals surface area contributed by atoms with Gasteiger partial charge >= 0.3 is 35.5 Å². The van der Waals surface area contributed by atoms with Gasteiger partial charge in [-0.2, -0.15) is 14.0 Å². The van der Waals surface area contributed by atoms with Crippen molar-refractivity contribution in [3.05, 3.63) is 58.7 Å². The van der Waals surface area contributed by atoms with E-state index >= 15 is 0 Å². The second kappa shape index (κ2) is 9.19. The van der Waals surface area contributed by atoms with Crippen LogP contribution in [0.1, 0.15) is 15.9 Å². The van der Waals surface area contributed by atoms with E-state index in [1.165, 1.54) is 12.1 Å². The van der Waals surface area contributed by atoms with E-state index in [2.05, 4.69) is 16.6 Å². The zero-order valence-corrected chi connectivity index (χ0v) is 16.5. The van der Waals surface area contributed by atoms with E-state index in [1.54, 1.807) is 6.07 Å². The summed E-state index contributed by atoms with van der Waals surface area (Å²) >= 11 is 0. The number of rotatable bonds is 3. The van der Waals surface area contributed by atoms with Gasteiger partial charge in [-0.25, -0.2) is 22.0 Å². The van der Waals surface area contributed by atoms with Gasteiger partial charge in [-0.05, 0) is 24.3 Å². The standard InChI is InChI=1S/C16H5F4NO5S.Na/c17-10-12(19)15(27(23,24)25)13(20)11(18)14(10)26-16(22)9-5-3-8(4-6-9)2-1-7-21;/h3-6H,(H,23,24,25);/q;+1/p-1. The van der Waals surface area contributed by atoms with E-state index in [1.807, 2.05) is 0 Å². The minimum Gasteiger partial charge on any atom is -0.744 e. The van der Waals surface area contributed by atoms with Crippen molar-refractivity contribution < 1.29 is 69.6 Å². The summed E-state index contributed by atoms with van der Waals surface area (Å²) in [6.45, 7) is 0. The quantitative estimate of drug-likeness (QED) is 0.123. The van der Waals surface area contributed by atoms with Crippen molar-refractivity contribution in [3.8, 4) is 23.7 Å². The minimum absolute atomic E-state index is 0. The predicted octanol–water partition coefficient (Wildman–Crippen LogP) is -0.755. The molecule has 0 bridgehead atoms. The number of benzene rings is 2. The van der Waals surface area contributed by atoms with Crippen molar-refractivity contribution in [1.82, 2.24) is 0 Å². The molecular weight excluding hydrogens is 417 g/mol. The molecule has 0 saturated carbocycles. The Balaban J connectivity index is 0.00000392. The SMILES string of the molecule is N#CC#Cc1ccc(C(=O)Oc2c(F)c(F)c(S(=O)(=O)[O-])c(F)c2F)cc1.[Na+]. The molecule has 2 aromatic rings. The zero-order chi connectivity index (χ0) is 20.4. The summed E-state index contributed by atoms with van der Waals surface area (Å²) in [6.07, 6.45) is 0. The molecule has 0 fully saturated rings. The smallest absolute Gasteiger partial charge is 0.744 e. The van der Waals surface area contributed by atoms with Crippen molar-refractivity contribution in [2.24, 2.45) is 0 Å². The first-order chi connectivity index (χ1) is 12.6. The molecule has 0 aromatic heterocycles. The monoisotopic (exact) mass is 421 g/mol. The minimum atomic E-state index is -5.88. The van der Waals surface area contributed by atoms with Gasteiger partial charge in [-0.1, -0.05) is 5.92 Å². The molecule has 0 N–H and O–H groups in total. The molecule has 0 saturated heterocycles. The van der Waals surface area contributed by atoms with E-state index in [-0.39, 0.29) is 35.1 Å². The van der Waals surface area contributed by atoms with Gasteiger partial charge in [0, 0.05) is 11.5 Å². The van der Waals surface area contributed by atoms with Crippen LogP contribution in [0, 0.1) is 46.4 Å². The van der Waals surface area contributed by atoms with Crippen LogP contribution in [-0.4, -0.2) is 18.9 Å². The number of carbonyl (C=O) groups excluding carboxylic acids is 1. The Morgan fingerprint density at radius 3 is 1.93 bits per heavy atom. The van der Waals surface area contributed by atoms with Crippen LogP contribution >= 0.6 is 0 Å². The second-order valence-corrected chi connectivity index (χ2v) is 6.01. The van der Waals surface area contributed by atoms with Gasteiger partial charge in [0.1, 0.15) is 15.0 Å². The fourth-order valence-corrected chi connectivity index (χ4v) is 2.46. The fraction of sp³-hybridized carbons (Fsp3) is 0. The number of hydrogen-bond donors (Lipinski definition) is 0. The summed E-state index contributed by atoms with van der Waals surface area (Å²) in [5.41, 5.74) is 0.00482. The second-order valence-electron chi connectivity index (χ2n) is 4.70. The fourth-order valence-electron chi connectivity index (χ4n) is 1.84. The van der Waals surface area contributed by atoms with Gasteiger partial charge in [0.25, 0.3) is 0 Å². The summed E-state index contributed by atoms with van der Waals surface area (Å²) in [5, 5.41) is 8.31. The number of hydrogen-bond acceptors (Lipinski definition) is 6. The molecule has 12 heteroatoms. The maximum atomic E-state index is 13.8. The molecule has 0 spiro atoms. The molecule has 0 radical (unpaired) electrons. The molecule has 0 unspecified atom stereocenters. The van der Waals surface area contributed by atoms with Gasteiger partial charge in [0.05, 0.1) is 5.56 Å². The first-order valence-electron chi connectivity index (χ1n) is 6.62. The first kappa shape index (κ1) is 23.6. The summed E-state index contributed by atoms with van der Waals surface area (Å²) in [4.78, 5) is 9.52. The molecule has 138 valence electrons. The number of ether oxygens (including phenoxy) is 1. The molecule has 2 aromatic carbocycles. The largest absolute Gasteiger partial charge is 1.00 e. The predicted molar refractivity (Wildman–Crippen MR) is 78.1 cm³/mol. The van der Waals surface area contributed by atoms with Crippen molar-refractivity contribution in [2.75, 3.05) is 0 Å². The number of carbonyl (C=O) groups is 1. The van der Waals surface area contributed by atoms with E-state index in [0.717, 1.165) is 12.1 Å². The molecule has 0 aliphatic rings. The molecule has 2 rings (SSSR count). The third-order valence-corrected chi connectivity index (χ3v) is 3.87. The Morgan fingerprint density at radius 2 is 1.50 bits per heavy atom. The molecule has 6 nitrogen and oxygen atoms in total. The van der Waals surface area contributed by atoms with Crippen molar-refractivity contribution in [3.63, 3.8) is 0 Å².